The van der Waals surface area contributed by atoms with Gasteiger partial charge in [0.05, 0.1) is 19.5 Å². The van der Waals surface area contributed by atoms with Crippen LogP contribution in [0.5, 0.6) is 0 Å². The summed E-state index contributed by atoms with van der Waals surface area (Å²) < 4.78 is 14.8. The van der Waals surface area contributed by atoms with Crippen molar-refractivity contribution < 1.29 is 23.5 Å². The third kappa shape index (κ3) is 8.36. The average molecular weight is 380 g/mol. The minimum Gasteiger partial charge on any atom is -0.466 e. The normalized spacial score (nSPS) is 9.75. The molecule has 0 saturated heterocycles. The van der Waals surface area contributed by atoms with E-state index in [9.17, 15) is 9.59 Å². The fourth-order valence-electron chi connectivity index (χ4n) is 2.33. The molecular weight excluding hydrogens is 356 g/mol. The average Bonchev–Trinajstić information content (AvgIpc) is 3.25. The first-order valence-corrected chi connectivity index (χ1v) is 9.07. The van der Waals surface area contributed by atoms with E-state index in [1.54, 1.807) is 12.1 Å². The van der Waals surface area contributed by atoms with Gasteiger partial charge in [-0.1, -0.05) is 60.7 Å². The number of rotatable bonds is 7. The number of carbonyl (C=O) groups excluding carboxylic acids is 2. The molecule has 0 atom stereocenters. The predicted octanol–water partition coefficient (Wildman–Crippen LogP) is 4.47. The van der Waals surface area contributed by atoms with Gasteiger partial charge in [0.2, 0.25) is 5.76 Å². The summed E-state index contributed by atoms with van der Waals surface area (Å²) in [5.74, 6) is -0.389. The van der Waals surface area contributed by atoms with E-state index in [1.807, 2.05) is 60.7 Å². The molecule has 1 heterocycles. The van der Waals surface area contributed by atoms with Crippen LogP contribution in [0.3, 0.4) is 0 Å². The van der Waals surface area contributed by atoms with E-state index in [4.69, 9.17) is 13.9 Å². The Morgan fingerprint density at radius 3 is 1.75 bits per heavy atom. The van der Waals surface area contributed by atoms with Gasteiger partial charge in [-0.2, -0.15) is 0 Å². The maximum absolute atomic E-state index is 11.4. The molecule has 0 amide bonds. The number of carbonyl (C=O) groups is 2. The molecule has 5 nitrogen and oxygen atoms in total. The zero-order valence-electron chi connectivity index (χ0n) is 15.9. The minimum absolute atomic E-state index is 0.217. The van der Waals surface area contributed by atoms with Gasteiger partial charge in [0.25, 0.3) is 0 Å². The smallest absolute Gasteiger partial charge is 0.374 e. The highest BCUT2D eigenvalue weighted by molar-refractivity contribution is 5.86. The Morgan fingerprint density at radius 1 is 0.750 bits per heavy atom. The lowest BCUT2D eigenvalue weighted by molar-refractivity contribution is -0.140. The van der Waals surface area contributed by atoms with E-state index in [0.717, 1.165) is 12.0 Å². The van der Waals surface area contributed by atoms with Gasteiger partial charge in [-0.05, 0) is 23.3 Å². The molecule has 3 aromatic rings. The first-order valence-electron chi connectivity index (χ1n) is 9.07. The fourth-order valence-corrected chi connectivity index (χ4v) is 2.33. The topological polar surface area (TPSA) is 65.7 Å². The highest BCUT2D eigenvalue weighted by Gasteiger charge is 2.09. The molecule has 0 spiro atoms. The molecule has 0 aliphatic rings. The van der Waals surface area contributed by atoms with Crippen LogP contribution in [0.25, 0.3) is 0 Å². The molecule has 0 fully saturated rings. The quantitative estimate of drug-likeness (QED) is 0.566. The fraction of sp³-hybridized carbons (Fsp3) is 0.217. The summed E-state index contributed by atoms with van der Waals surface area (Å²) in [5.41, 5.74) is 2.34. The van der Waals surface area contributed by atoms with Crippen LogP contribution in [0.2, 0.25) is 0 Å². The van der Waals surface area contributed by atoms with Gasteiger partial charge in [-0.3, -0.25) is 4.79 Å². The predicted molar refractivity (Wildman–Crippen MR) is 106 cm³/mol. The van der Waals surface area contributed by atoms with Gasteiger partial charge in [-0.15, -0.1) is 0 Å². The Bertz CT molecular complexity index is 811. The molecule has 0 N–H and O–H groups in total. The molecule has 0 unspecified atom stereocenters. The molecule has 1 aromatic heterocycles. The Balaban J connectivity index is 0.000000209. The third-order valence-electron chi connectivity index (χ3n) is 3.73. The zero-order valence-corrected chi connectivity index (χ0v) is 15.9. The van der Waals surface area contributed by atoms with E-state index in [2.05, 4.69) is 0 Å². The molecule has 3 rings (SSSR count). The van der Waals surface area contributed by atoms with Crippen LogP contribution in [0.15, 0.2) is 83.5 Å². The highest BCUT2D eigenvalue weighted by Crippen LogP contribution is 2.04. The van der Waals surface area contributed by atoms with Crippen molar-refractivity contribution in [2.24, 2.45) is 0 Å². The van der Waals surface area contributed by atoms with Crippen LogP contribution in [0.1, 0.15) is 28.6 Å². The summed E-state index contributed by atoms with van der Waals surface area (Å²) in [6, 6.07) is 23.1. The van der Waals surface area contributed by atoms with Gasteiger partial charge in [0.1, 0.15) is 0 Å². The lowest BCUT2D eigenvalue weighted by Gasteiger charge is -2.02. The van der Waals surface area contributed by atoms with Crippen molar-refractivity contribution in [1.29, 1.82) is 0 Å². The molecule has 0 aliphatic carbocycles. The van der Waals surface area contributed by atoms with Gasteiger partial charge in [0.15, 0.2) is 0 Å². The van der Waals surface area contributed by atoms with Crippen LogP contribution < -0.4 is 0 Å². The number of ether oxygens (including phenoxy) is 2. The highest BCUT2D eigenvalue weighted by atomic mass is 16.5. The summed E-state index contributed by atoms with van der Waals surface area (Å²) in [4.78, 5) is 21.8. The third-order valence-corrected chi connectivity index (χ3v) is 3.73. The summed E-state index contributed by atoms with van der Waals surface area (Å²) in [5, 5.41) is 0. The van der Waals surface area contributed by atoms with Gasteiger partial charge in [-0.25, -0.2) is 4.79 Å². The molecule has 0 saturated carbocycles. The van der Waals surface area contributed by atoms with Crippen molar-refractivity contribution in [1.82, 2.24) is 0 Å². The van der Waals surface area contributed by atoms with Crippen molar-refractivity contribution in [3.63, 3.8) is 0 Å². The van der Waals surface area contributed by atoms with E-state index in [-0.39, 0.29) is 11.7 Å². The molecule has 0 bridgehead atoms. The van der Waals surface area contributed by atoms with Gasteiger partial charge >= 0.3 is 11.9 Å². The van der Waals surface area contributed by atoms with Crippen LogP contribution in [0, 0.1) is 0 Å². The van der Waals surface area contributed by atoms with E-state index < -0.39 is 5.97 Å². The number of furan rings is 1. The Kier molecular flexibility index (Phi) is 9.08. The second-order valence-electron chi connectivity index (χ2n) is 5.92. The lowest BCUT2D eigenvalue weighted by Crippen LogP contribution is -2.07. The molecular formula is C23H24O5. The van der Waals surface area contributed by atoms with E-state index >= 15 is 0 Å². The van der Waals surface area contributed by atoms with Gasteiger partial charge in [0, 0.05) is 19.8 Å². The SMILES string of the molecule is CC(=O)OCCc1ccccc1.O=C(OCCc1ccccc1)c1ccco1. The molecule has 146 valence electrons. The zero-order chi connectivity index (χ0) is 20.0. The summed E-state index contributed by atoms with van der Waals surface area (Å²) >= 11 is 0. The van der Waals surface area contributed by atoms with E-state index in [1.165, 1.54) is 18.8 Å². The molecule has 0 radical (unpaired) electrons. The number of hydrogen-bond donors (Lipinski definition) is 0. The van der Waals surface area contributed by atoms with Gasteiger partial charge < -0.3 is 13.9 Å². The number of esters is 2. The Labute approximate surface area is 164 Å². The van der Waals surface area contributed by atoms with Crippen molar-refractivity contribution in [2.75, 3.05) is 13.2 Å². The monoisotopic (exact) mass is 380 g/mol. The molecule has 28 heavy (non-hydrogen) atoms. The lowest BCUT2D eigenvalue weighted by atomic mass is 10.2. The van der Waals surface area contributed by atoms with Crippen LogP contribution in [0.4, 0.5) is 0 Å². The van der Waals surface area contributed by atoms with E-state index in [0.29, 0.717) is 19.6 Å². The second kappa shape index (κ2) is 12.1. The van der Waals surface area contributed by atoms with Crippen molar-refractivity contribution >= 4 is 11.9 Å². The van der Waals surface area contributed by atoms with Crippen LogP contribution >= 0.6 is 0 Å². The summed E-state index contributed by atoms with van der Waals surface area (Å²) in [6.07, 6.45) is 2.96. The number of hydrogen-bond acceptors (Lipinski definition) is 5. The molecule has 0 aliphatic heterocycles. The molecule has 2 aromatic carbocycles. The molecule has 5 heteroatoms. The van der Waals surface area contributed by atoms with Crippen molar-refractivity contribution in [3.8, 4) is 0 Å². The summed E-state index contributed by atoms with van der Waals surface area (Å²) in [6.45, 7) is 2.26. The Hall–Kier alpha value is -3.34. The first-order chi connectivity index (χ1) is 13.6. The van der Waals surface area contributed by atoms with Crippen molar-refractivity contribution in [3.05, 3.63) is 95.9 Å². The van der Waals surface area contributed by atoms with Crippen molar-refractivity contribution in [2.45, 2.75) is 19.8 Å². The minimum atomic E-state index is -0.416. The largest absolute Gasteiger partial charge is 0.466 e. The maximum atomic E-state index is 11.4. The second-order valence-corrected chi connectivity index (χ2v) is 5.92. The maximum Gasteiger partial charge on any atom is 0.374 e. The summed E-state index contributed by atoms with van der Waals surface area (Å²) in [7, 11) is 0. The Morgan fingerprint density at radius 2 is 1.29 bits per heavy atom. The standard InChI is InChI=1S/C13H12O3.C10H12O2/c14-13(12-7-4-9-15-12)16-10-8-11-5-2-1-3-6-11;1-9(11)12-8-7-10-5-3-2-4-6-10/h1-7,9H,8,10H2;2-6H,7-8H2,1H3. The van der Waals surface area contributed by atoms with Crippen LogP contribution in [-0.2, 0) is 27.1 Å². The number of benzene rings is 2. The first kappa shape index (κ1) is 21.0. The van der Waals surface area contributed by atoms with Crippen LogP contribution in [-0.4, -0.2) is 25.2 Å².